The average Bonchev–Trinajstić information content (AvgIpc) is 2.74. The van der Waals surface area contributed by atoms with Gasteiger partial charge in [0.1, 0.15) is 5.75 Å². The minimum absolute atomic E-state index is 0.0555. The van der Waals surface area contributed by atoms with Crippen LogP contribution in [0.5, 0.6) is 5.75 Å². The van der Waals surface area contributed by atoms with Crippen molar-refractivity contribution in [3.05, 3.63) is 52.9 Å². The standard InChI is InChI=1S/C23H29N5O2/c1-4-5-6-7-13-30-18-10-8-9-17(14-18)22-19(15-25-23(24)26-22)20-11-12-21(29)28(27-20)16(2)3/h8-12,14-16H,4-7,13H2,1-3H3,(H2,24,25,26). The number of unbranched alkanes of at least 4 members (excludes halogenated alkanes) is 3. The molecule has 0 radical (unpaired) electrons. The first-order valence-electron chi connectivity index (χ1n) is 10.5. The molecule has 0 saturated carbocycles. The Hall–Kier alpha value is -3.22. The van der Waals surface area contributed by atoms with E-state index in [0.717, 1.165) is 17.7 Å². The van der Waals surface area contributed by atoms with E-state index in [1.54, 1.807) is 12.3 Å². The SMILES string of the molecule is CCCCCCOc1cccc(-c2nc(N)ncc2-c2ccc(=O)n(C(C)C)n2)c1. The number of aromatic nitrogens is 4. The summed E-state index contributed by atoms with van der Waals surface area (Å²) in [5.41, 5.74) is 8.56. The van der Waals surface area contributed by atoms with Crippen LogP contribution in [0.4, 0.5) is 5.95 Å². The van der Waals surface area contributed by atoms with Gasteiger partial charge in [-0.25, -0.2) is 14.6 Å². The van der Waals surface area contributed by atoms with Crippen molar-refractivity contribution in [3.8, 4) is 28.3 Å². The van der Waals surface area contributed by atoms with Crippen molar-refractivity contribution in [2.45, 2.75) is 52.5 Å². The maximum Gasteiger partial charge on any atom is 0.267 e. The van der Waals surface area contributed by atoms with Crippen molar-refractivity contribution < 1.29 is 4.74 Å². The van der Waals surface area contributed by atoms with Crippen LogP contribution in [0.15, 0.2) is 47.4 Å². The third-order valence-electron chi connectivity index (χ3n) is 4.77. The van der Waals surface area contributed by atoms with Crippen molar-refractivity contribution in [1.82, 2.24) is 19.7 Å². The van der Waals surface area contributed by atoms with E-state index in [2.05, 4.69) is 22.0 Å². The summed E-state index contributed by atoms with van der Waals surface area (Å²) in [5, 5.41) is 4.51. The molecule has 0 bridgehead atoms. The number of ether oxygens (including phenoxy) is 1. The highest BCUT2D eigenvalue weighted by Crippen LogP contribution is 2.31. The number of anilines is 1. The van der Waals surface area contributed by atoms with E-state index in [9.17, 15) is 4.79 Å². The number of hydrogen-bond acceptors (Lipinski definition) is 6. The summed E-state index contributed by atoms with van der Waals surface area (Å²) in [6, 6.07) is 10.9. The van der Waals surface area contributed by atoms with E-state index in [1.807, 2.05) is 38.1 Å². The van der Waals surface area contributed by atoms with Crippen molar-refractivity contribution >= 4 is 5.95 Å². The molecule has 0 fully saturated rings. The van der Waals surface area contributed by atoms with Crippen LogP contribution < -0.4 is 16.0 Å². The van der Waals surface area contributed by atoms with Gasteiger partial charge in [0, 0.05) is 23.4 Å². The molecule has 7 heteroatoms. The van der Waals surface area contributed by atoms with E-state index in [1.165, 1.54) is 30.0 Å². The summed E-state index contributed by atoms with van der Waals surface area (Å²) >= 11 is 0. The quantitative estimate of drug-likeness (QED) is 0.525. The van der Waals surface area contributed by atoms with Crippen LogP contribution >= 0.6 is 0 Å². The molecule has 0 unspecified atom stereocenters. The molecule has 0 aliphatic heterocycles. The van der Waals surface area contributed by atoms with E-state index in [-0.39, 0.29) is 17.5 Å². The lowest BCUT2D eigenvalue weighted by Gasteiger charge is -2.13. The fraction of sp³-hybridized carbons (Fsp3) is 0.391. The largest absolute Gasteiger partial charge is 0.494 e. The molecule has 0 aliphatic rings. The molecule has 2 N–H and O–H groups in total. The monoisotopic (exact) mass is 407 g/mol. The third kappa shape index (κ3) is 5.23. The summed E-state index contributed by atoms with van der Waals surface area (Å²) in [6.07, 6.45) is 6.27. The highest BCUT2D eigenvalue weighted by atomic mass is 16.5. The molecule has 158 valence electrons. The smallest absolute Gasteiger partial charge is 0.267 e. The Kier molecular flexibility index (Phi) is 7.17. The van der Waals surface area contributed by atoms with Gasteiger partial charge < -0.3 is 10.5 Å². The van der Waals surface area contributed by atoms with E-state index < -0.39 is 0 Å². The van der Waals surface area contributed by atoms with Crippen LogP contribution in [0.3, 0.4) is 0 Å². The molecule has 2 heterocycles. The van der Waals surface area contributed by atoms with Crippen LogP contribution in [0.1, 0.15) is 52.5 Å². The van der Waals surface area contributed by atoms with Gasteiger partial charge in [-0.15, -0.1) is 0 Å². The Bertz CT molecular complexity index is 1050. The highest BCUT2D eigenvalue weighted by molar-refractivity contribution is 5.79. The molecule has 7 nitrogen and oxygen atoms in total. The average molecular weight is 408 g/mol. The zero-order valence-electron chi connectivity index (χ0n) is 17.8. The van der Waals surface area contributed by atoms with Crippen molar-refractivity contribution in [2.75, 3.05) is 12.3 Å². The molecule has 0 aliphatic carbocycles. The first-order chi connectivity index (χ1) is 14.5. The van der Waals surface area contributed by atoms with Gasteiger partial charge >= 0.3 is 0 Å². The number of nitrogen functional groups attached to an aromatic ring is 1. The summed E-state index contributed by atoms with van der Waals surface area (Å²) < 4.78 is 7.37. The minimum Gasteiger partial charge on any atom is -0.494 e. The summed E-state index contributed by atoms with van der Waals surface area (Å²) in [7, 11) is 0. The molecule has 3 aromatic rings. The van der Waals surface area contributed by atoms with Crippen LogP contribution in [0.25, 0.3) is 22.5 Å². The van der Waals surface area contributed by atoms with Gasteiger partial charge in [-0.1, -0.05) is 38.3 Å². The Balaban J connectivity index is 1.94. The lowest BCUT2D eigenvalue weighted by Crippen LogP contribution is -2.24. The van der Waals surface area contributed by atoms with Gasteiger partial charge in [0.05, 0.1) is 24.0 Å². The Labute approximate surface area is 177 Å². The second kappa shape index (κ2) is 10.0. The van der Waals surface area contributed by atoms with Gasteiger partial charge in [0.25, 0.3) is 5.56 Å². The Morgan fingerprint density at radius 3 is 2.73 bits per heavy atom. The molecule has 30 heavy (non-hydrogen) atoms. The molecule has 0 saturated heterocycles. The second-order valence-corrected chi connectivity index (χ2v) is 7.52. The number of nitrogens with zero attached hydrogens (tertiary/aromatic N) is 4. The maximum absolute atomic E-state index is 12.1. The molecular formula is C23H29N5O2. The van der Waals surface area contributed by atoms with Crippen LogP contribution in [-0.2, 0) is 0 Å². The van der Waals surface area contributed by atoms with Gasteiger partial charge in [-0.2, -0.15) is 5.10 Å². The molecule has 2 aromatic heterocycles. The summed E-state index contributed by atoms with van der Waals surface area (Å²) in [6.45, 7) is 6.71. The second-order valence-electron chi connectivity index (χ2n) is 7.52. The lowest BCUT2D eigenvalue weighted by atomic mass is 10.0. The van der Waals surface area contributed by atoms with Crippen LogP contribution in [0.2, 0.25) is 0 Å². The van der Waals surface area contributed by atoms with Crippen LogP contribution in [0, 0.1) is 0 Å². The first kappa shape index (κ1) is 21.5. The number of nitrogens with two attached hydrogens (primary N) is 1. The number of benzene rings is 1. The Morgan fingerprint density at radius 2 is 1.97 bits per heavy atom. The van der Waals surface area contributed by atoms with Gasteiger partial charge in [-0.3, -0.25) is 4.79 Å². The van der Waals surface area contributed by atoms with Gasteiger partial charge in [0.2, 0.25) is 5.95 Å². The van der Waals surface area contributed by atoms with Crippen molar-refractivity contribution in [1.29, 1.82) is 0 Å². The fourth-order valence-electron chi connectivity index (χ4n) is 3.19. The molecule has 0 amide bonds. The molecule has 3 rings (SSSR count). The zero-order chi connectivity index (χ0) is 21.5. The normalized spacial score (nSPS) is 11.1. The topological polar surface area (TPSA) is 95.9 Å². The predicted octanol–water partition coefficient (Wildman–Crippen LogP) is 4.49. The molecule has 0 atom stereocenters. The number of hydrogen-bond donors (Lipinski definition) is 1. The van der Waals surface area contributed by atoms with Crippen molar-refractivity contribution in [3.63, 3.8) is 0 Å². The summed E-state index contributed by atoms with van der Waals surface area (Å²) in [4.78, 5) is 20.7. The lowest BCUT2D eigenvalue weighted by molar-refractivity contribution is 0.305. The Morgan fingerprint density at radius 1 is 1.13 bits per heavy atom. The van der Waals surface area contributed by atoms with Crippen LogP contribution in [-0.4, -0.2) is 26.4 Å². The van der Waals surface area contributed by atoms with Crippen molar-refractivity contribution in [2.24, 2.45) is 0 Å². The van der Waals surface area contributed by atoms with E-state index in [0.29, 0.717) is 23.6 Å². The predicted molar refractivity (Wildman–Crippen MR) is 119 cm³/mol. The summed E-state index contributed by atoms with van der Waals surface area (Å²) in [5.74, 6) is 0.962. The first-order valence-corrected chi connectivity index (χ1v) is 10.5. The molecule has 0 spiro atoms. The maximum atomic E-state index is 12.1. The van der Waals surface area contributed by atoms with Gasteiger partial charge in [-0.05, 0) is 38.5 Å². The zero-order valence-corrected chi connectivity index (χ0v) is 17.8. The molecule has 1 aromatic carbocycles. The van der Waals surface area contributed by atoms with Gasteiger partial charge in [0.15, 0.2) is 0 Å². The molecular weight excluding hydrogens is 378 g/mol. The van der Waals surface area contributed by atoms with E-state index in [4.69, 9.17) is 10.5 Å². The minimum atomic E-state index is -0.148. The number of rotatable bonds is 9. The highest BCUT2D eigenvalue weighted by Gasteiger charge is 2.15. The van der Waals surface area contributed by atoms with E-state index >= 15 is 0 Å². The third-order valence-corrected chi connectivity index (χ3v) is 4.77. The fourth-order valence-corrected chi connectivity index (χ4v) is 3.19.